The number of nitrogens with one attached hydrogen (secondary N) is 1. The van der Waals surface area contributed by atoms with E-state index in [1.165, 1.54) is 19.3 Å². The van der Waals surface area contributed by atoms with E-state index in [9.17, 15) is 4.79 Å². The lowest BCUT2D eigenvalue weighted by molar-refractivity contribution is -0.152. The molecule has 1 aliphatic rings. The zero-order chi connectivity index (χ0) is 16.4. The smallest absolute Gasteiger partial charge is 0.323 e. The third-order valence-corrected chi connectivity index (χ3v) is 4.09. The van der Waals surface area contributed by atoms with Gasteiger partial charge in [-0.25, -0.2) is 0 Å². The van der Waals surface area contributed by atoms with E-state index in [4.69, 9.17) is 9.47 Å². The molecule has 1 N–H and O–H groups in total. The van der Waals surface area contributed by atoms with E-state index >= 15 is 0 Å². The molecule has 2 unspecified atom stereocenters. The minimum absolute atomic E-state index is 0.0183. The highest BCUT2D eigenvalue weighted by Crippen LogP contribution is 2.19. The molecule has 0 aromatic carbocycles. The number of rotatable bonds is 10. The third kappa shape index (κ3) is 7.83. The van der Waals surface area contributed by atoms with Crippen molar-refractivity contribution in [3.63, 3.8) is 0 Å². The van der Waals surface area contributed by atoms with Gasteiger partial charge in [-0.15, -0.1) is 0 Å². The molecule has 4 heteroatoms. The number of allylic oxidation sites excluding steroid dienone is 1. The van der Waals surface area contributed by atoms with Crippen molar-refractivity contribution in [2.75, 3.05) is 6.61 Å². The molecule has 0 aliphatic heterocycles. The number of hydrogen-bond donors (Lipinski definition) is 1. The Hall–Kier alpha value is -1.03. The Morgan fingerprint density at radius 1 is 1.27 bits per heavy atom. The summed E-state index contributed by atoms with van der Waals surface area (Å²) in [6, 6.07) is 0.152. The molecular weight excluding hydrogens is 278 g/mol. The first-order valence-corrected chi connectivity index (χ1v) is 8.77. The number of ether oxygens (including phenoxy) is 2. The molecule has 2 atom stereocenters. The van der Waals surface area contributed by atoms with Crippen molar-refractivity contribution >= 4 is 5.97 Å². The van der Waals surface area contributed by atoms with Crippen molar-refractivity contribution in [3.8, 4) is 0 Å². The summed E-state index contributed by atoms with van der Waals surface area (Å²) in [5.74, 6) is 0.543. The minimum Gasteiger partial charge on any atom is -0.499 e. The van der Waals surface area contributed by atoms with Gasteiger partial charge in [0, 0.05) is 12.5 Å². The maximum atomic E-state index is 12.4. The van der Waals surface area contributed by atoms with Crippen molar-refractivity contribution in [1.29, 1.82) is 0 Å². The average Bonchev–Trinajstić information content (AvgIpc) is 2.47. The first-order chi connectivity index (χ1) is 10.5. The summed E-state index contributed by atoms with van der Waals surface area (Å²) in [5.41, 5.74) is 0. The molecule has 0 aromatic rings. The van der Waals surface area contributed by atoms with Gasteiger partial charge in [0.15, 0.2) is 0 Å². The summed E-state index contributed by atoms with van der Waals surface area (Å²) in [5, 5.41) is 3.49. The summed E-state index contributed by atoms with van der Waals surface area (Å²) >= 11 is 0. The standard InChI is InChI=1S/C18H33NO3/c1-5-9-15(4)22-18(20)17(12-13-21-14(2)3)19-16-10-7-6-8-11-16/h15-17,19H,2,5-13H2,1,3-4H3. The highest BCUT2D eigenvalue weighted by atomic mass is 16.5. The van der Waals surface area contributed by atoms with Gasteiger partial charge in [-0.1, -0.05) is 39.2 Å². The first kappa shape index (κ1) is 19.0. The summed E-state index contributed by atoms with van der Waals surface area (Å²) < 4.78 is 11.0. The van der Waals surface area contributed by atoms with Crippen LogP contribution >= 0.6 is 0 Å². The van der Waals surface area contributed by atoms with Crippen molar-refractivity contribution in [2.45, 2.75) is 90.3 Å². The van der Waals surface area contributed by atoms with Crippen molar-refractivity contribution < 1.29 is 14.3 Å². The fourth-order valence-electron chi connectivity index (χ4n) is 2.92. The van der Waals surface area contributed by atoms with Gasteiger partial charge in [0.1, 0.15) is 6.04 Å². The lowest BCUT2D eigenvalue weighted by Gasteiger charge is -2.28. The highest BCUT2D eigenvalue weighted by Gasteiger charge is 2.25. The monoisotopic (exact) mass is 311 g/mol. The van der Waals surface area contributed by atoms with E-state index in [0.29, 0.717) is 24.8 Å². The molecule has 0 amide bonds. The van der Waals surface area contributed by atoms with Crippen LogP contribution in [0, 0.1) is 0 Å². The molecule has 0 spiro atoms. The van der Waals surface area contributed by atoms with E-state index in [2.05, 4.69) is 18.8 Å². The normalized spacial score (nSPS) is 18.5. The Balaban J connectivity index is 2.50. The number of esters is 1. The highest BCUT2D eigenvalue weighted by molar-refractivity contribution is 5.76. The summed E-state index contributed by atoms with van der Waals surface area (Å²) in [4.78, 5) is 12.4. The van der Waals surface area contributed by atoms with E-state index in [-0.39, 0.29) is 18.1 Å². The molecule has 1 rings (SSSR count). The molecule has 128 valence electrons. The Morgan fingerprint density at radius 2 is 1.95 bits per heavy atom. The number of hydrogen-bond acceptors (Lipinski definition) is 4. The quantitative estimate of drug-likeness (QED) is 0.490. The first-order valence-electron chi connectivity index (χ1n) is 8.77. The van der Waals surface area contributed by atoms with Crippen LogP contribution in [0.1, 0.15) is 72.1 Å². The van der Waals surface area contributed by atoms with Crippen LogP contribution in [0.5, 0.6) is 0 Å². The zero-order valence-electron chi connectivity index (χ0n) is 14.5. The second-order valence-electron chi connectivity index (χ2n) is 6.43. The molecule has 1 aliphatic carbocycles. The summed E-state index contributed by atoms with van der Waals surface area (Å²) in [6.07, 6.45) is 8.63. The molecule has 0 bridgehead atoms. The van der Waals surface area contributed by atoms with Crippen LogP contribution in [0.4, 0.5) is 0 Å². The molecular formula is C18H33NO3. The van der Waals surface area contributed by atoms with Crippen LogP contribution in [-0.2, 0) is 14.3 Å². The van der Waals surface area contributed by atoms with Gasteiger partial charge in [-0.3, -0.25) is 4.79 Å². The van der Waals surface area contributed by atoms with Crippen LogP contribution in [0.3, 0.4) is 0 Å². The van der Waals surface area contributed by atoms with Crippen LogP contribution in [0.25, 0.3) is 0 Å². The minimum atomic E-state index is -0.276. The van der Waals surface area contributed by atoms with Gasteiger partial charge in [-0.05, 0) is 33.1 Å². The Bertz CT molecular complexity index is 337. The van der Waals surface area contributed by atoms with Crippen molar-refractivity contribution in [3.05, 3.63) is 12.3 Å². The van der Waals surface area contributed by atoms with Gasteiger partial charge in [-0.2, -0.15) is 0 Å². The van der Waals surface area contributed by atoms with E-state index in [1.54, 1.807) is 0 Å². The summed E-state index contributed by atoms with van der Waals surface area (Å²) in [6.45, 7) is 10.1. The topological polar surface area (TPSA) is 47.6 Å². The molecule has 0 radical (unpaired) electrons. The fraction of sp³-hybridized carbons (Fsp3) is 0.833. The predicted molar refractivity (Wildman–Crippen MR) is 89.6 cm³/mol. The maximum absolute atomic E-state index is 12.4. The second kappa shape index (κ2) is 10.7. The average molecular weight is 311 g/mol. The Labute approximate surface area is 135 Å². The second-order valence-corrected chi connectivity index (χ2v) is 6.43. The lowest BCUT2D eigenvalue weighted by atomic mass is 9.94. The molecule has 22 heavy (non-hydrogen) atoms. The Morgan fingerprint density at radius 3 is 2.55 bits per heavy atom. The van der Waals surface area contributed by atoms with Crippen LogP contribution in [0.15, 0.2) is 12.3 Å². The molecule has 1 fully saturated rings. The largest absolute Gasteiger partial charge is 0.499 e. The van der Waals surface area contributed by atoms with E-state index < -0.39 is 0 Å². The van der Waals surface area contributed by atoms with Gasteiger partial charge in [0.25, 0.3) is 0 Å². The van der Waals surface area contributed by atoms with Gasteiger partial charge in [0.05, 0.1) is 18.5 Å². The number of carbonyl (C=O) groups excluding carboxylic acids is 1. The van der Waals surface area contributed by atoms with Crippen LogP contribution < -0.4 is 5.32 Å². The molecule has 4 nitrogen and oxygen atoms in total. The van der Waals surface area contributed by atoms with Gasteiger partial charge in [0.2, 0.25) is 0 Å². The zero-order valence-corrected chi connectivity index (χ0v) is 14.5. The van der Waals surface area contributed by atoms with Crippen molar-refractivity contribution in [1.82, 2.24) is 5.32 Å². The van der Waals surface area contributed by atoms with Crippen molar-refractivity contribution in [2.24, 2.45) is 0 Å². The lowest BCUT2D eigenvalue weighted by Crippen LogP contribution is -2.46. The third-order valence-electron chi connectivity index (χ3n) is 4.09. The number of carbonyl (C=O) groups is 1. The molecule has 1 saturated carbocycles. The van der Waals surface area contributed by atoms with E-state index in [1.807, 2.05) is 13.8 Å². The fourth-order valence-corrected chi connectivity index (χ4v) is 2.92. The van der Waals surface area contributed by atoms with Gasteiger partial charge < -0.3 is 14.8 Å². The molecule has 0 heterocycles. The van der Waals surface area contributed by atoms with Gasteiger partial charge >= 0.3 is 5.97 Å². The predicted octanol–water partition coefficient (Wildman–Crippen LogP) is 3.95. The summed E-state index contributed by atoms with van der Waals surface area (Å²) in [7, 11) is 0. The van der Waals surface area contributed by atoms with Crippen LogP contribution in [0.2, 0.25) is 0 Å². The SMILES string of the molecule is C=C(C)OCCC(NC1CCCCC1)C(=O)OC(C)CCC. The van der Waals surface area contributed by atoms with E-state index in [0.717, 1.165) is 25.7 Å². The molecule has 0 saturated heterocycles. The maximum Gasteiger partial charge on any atom is 0.323 e. The molecule has 0 aromatic heterocycles. The van der Waals surface area contributed by atoms with Crippen LogP contribution in [-0.4, -0.2) is 30.8 Å². The Kier molecular flexibility index (Phi) is 9.21.